The Kier molecular flexibility index (Phi) is 3.53. The van der Waals surface area contributed by atoms with Gasteiger partial charge in [0.15, 0.2) is 0 Å². The highest BCUT2D eigenvalue weighted by Crippen LogP contribution is 2.31. The van der Waals surface area contributed by atoms with Gasteiger partial charge in [-0.2, -0.15) is 0 Å². The normalized spacial score (nSPS) is 10.4. The van der Waals surface area contributed by atoms with Gasteiger partial charge in [0.05, 0.1) is 16.9 Å². The first-order valence-electron chi connectivity index (χ1n) is 6.40. The molecule has 0 amide bonds. The minimum atomic E-state index is -0.554. The molecule has 6 nitrogen and oxygen atoms in total. The third-order valence-corrected chi connectivity index (χ3v) is 2.91. The first-order chi connectivity index (χ1) is 10.6. The third-order valence-electron chi connectivity index (χ3n) is 2.91. The van der Waals surface area contributed by atoms with Crippen LogP contribution in [0.5, 0.6) is 11.6 Å². The Morgan fingerprint density at radius 2 is 1.86 bits per heavy atom. The standard InChI is InChI=1S/C15H12FN5O/c16-11-8-9(3-4-12(11)17)22-14-10(2-1-6-19-14)13-5-7-20-15(18)21-13/h1-8H,17H2,(H2,18,20,21). The number of nitrogen functional groups attached to an aromatic ring is 2. The number of hydrogen-bond acceptors (Lipinski definition) is 6. The lowest BCUT2D eigenvalue weighted by atomic mass is 10.2. The maximum absolute atomic E-state index is 13.5. The zero-order valence-corrected chi connectivity index (χ0v) is 11.4. The van der Waals surface area contributed by atoms with Crippen LogP contribution in [0, 0.1) is 5.82 Å². The van der Waals surface area contributed by atoms with Gasteiger partial charge in [-0.15, -0.1) is 0 Å². The summed E-state index contributed by atoms with van der Waals surface area (Å²) >= 11 is 0. The highest BCUT2D eigenvalue weighted by Gasteiger charge is 2.11. The molecule has 0 atom stereocenters. The molecule has 22 heavy (non-hydrogen) atoms. The van der Waals surface area contributed by atoms with Crippen LogP contribution in [0.3, 0.4) is 0 Å². The van der Waals surface area contributed by atoms with Crippen molar-refractivity contribution in [3.05, 3.63) is 54.6 Å². The maximum Gasteiger partial charge on any atom is 0.228 e. The highest BCUT2D eigenvalue weighted by atomic mass is 19.1. The molecule has 7 heteroatoms. The van der Waals surface area contributed by atoms with Crippen molar-refractivity contribution in [2.24, 2.45) is 0 Å². The molecule has 0 saturated carbocycles. The van der Waals surface area contributed by atoms with E-state index in [0.717, 1.165) is 0 Å². The molecule has 0 radical (unpaired) electrons. The number of nitrogens with zero attached hydrogens (tertiary/aromatic N) is 3. The molecule has 4 N–H and O–H groups in total. The van der Waals surface area contributed by atoms with Gasteiger partial charge in [-0.25, -0.2) is 19.3 Å². The molecule has 0 fully saturated rings. The van der Waals surface area contributed by atoms with Crippen molar-refractivity contribution in [3.8, 4) is 22.9 Å². The van der Waals surface area contributed by atoms with Crippen LogP contribution in [0.2, 0.25) is 0 Å². The highest BCUT2D eigenvalue weighted by molar-refractivity contribution is 5.65. The Morgan fingerprint density at radius 3 is 2.64 bits per heavy atom. The van der Waals surface area contributed by atoms with Gasteiger partial charge in [0.2, 0.25) is 11.8 Å². The van der Waals surface area contributed by atoms with Gasteiger partial charge in [0.1, 0.15) is 11.6 Å². The molecule has 2 heterocycles. The number of benzene rings is 1. The summed E-state index contributed by atoms with van der Waals surface area (Å²) in [7, 11) is 0. The summed E-state index contributed by atoms with van der Waals surface area (Å²) in [6.45, 7) is 0. The number of rotatable bonds is 3. The lowest BCUT2D eigenvalue weighted by Crippen LogP contribution is -1.98. The van der Waals surface area contributed by atoms with E-state index < -0.39 is 5.82 Å². The van der Waals surface area contributed by atoms with E-state index in [1.807, 2.05) is 0 Å². The fraction of sp³-hybridized carbons (Fsp3) is 0. The van der Waals surface area contributed by atoms with Crippen molar-refractivity contribution in [2.45, 2.75) is 0 Å². The first kappa shape index (κ1) is 13.7. The molecule has 1 aromatic carbocycles. The van der Waals surface area contributed by atoms with E-state index in [2.05, 4.69) is 15.0 Å². The van der Waals surface area contributed by atoms with Crippen LogP contribution in [0.1, 0.15) is 0 Å². The largest absolute Gasteiger partial charge is 0.438 e. The number of nitrogens with two attached hydrogens (primary N) is 2. The van der Waals surface area contributed by atoms with Crippen LogP contribution in [-0.2, 0) is 0 Å². The first-order valence-corrected chi connectivity index (χ1v) is 6.40. The lowest BCUT2D eigenvalue weighted by Gasteiger charge is -2.10. The molecule has 0 spiro atoms. The second kappa shape index (κ2) is 5.65. The van der Waals surface area contributed by atoms with Crippen molar-refractivity contribution >= 4 is 11.6 Å². The van der Waals surface area contributed by atoms with E-state index >= 15 is 0 Å². The lowest BCUT2D eigenvalue weighted by molar-refractivity contribution is 0.460. The van der Waals surface area contributed by atoms with E-state index in [0.29, 0.717) is 11.3 Å². The van der Waals surface area contributed by atoms with Crippen LogP contribution in [0.25, 0.3) is 11.3 Å². The van der Waals surface area contributed by atoms with Gasteiger partial charge < -0.3 is 16.2 Å². The number of hydrogen-bond donors (Lipinski definition) is 2. The predicted octanol–water partition coefficient (Wildman–Crippen LogP) is 2.63. The van der Waals surface area contributed by atoms with Gasteiger partial charge in [0, 0.05) is 18.5 Å². The van der Waals surface area contributed by atoms with Crippen molar-refractivity contribution < 1.29 is 9.13 Å². The fourth-order valence-corrected chi connectivity index (χ4v) is 1.87. The maximum atomic E-state index is 13.5. The molecule has 0 aliphatic carbocycles. The molecule has 0 saturated heterocycles. The second-order valence-corrected chi connectivity index (χ2v) is 4.44. The molecular weight excluding hydrogens is 285 g/mol. The molecule has 2 aromatic heterocycles. The van der Waals surface area contributed by atoms with Crippen molar-refractivity contribution in [2.75, 3.05) is 11.5 Å². The van der Waals surface area contributed by atoms with Gasteiger partial charge in [-0.05, 0) is 30.3 Å². The summed E-state index contributed by atoms with van der Waals surface area (Å²) in [6.07, 6.45) is 3.11. The topological polar surface area (TPSA) is 99.9 Å². The summed E-state index contributed by atoms with van der Waals surface area (Å²) in [5.41, 5.74) is 12.3. The Bertz CT molecular complexity index is 825. The van der Waals surface area contributed by atoms with Crippen LogP contribution in [0.4, 0.5) is 16.0 Å². The zero-order chi connectivity index (χ0) is 15.5. The number of anilines is 2. The van der Waals surface area contributed by atoms with E-state index in [9.17, 15) is 4.39 Å². The fourth-order valence-electron chi connectivity index (χ4n) is 1.87. The summed E-state index contributed by atoms with van der Waals surface area (Å²) in [5.74, 6) is 0.158. The van der Waals surface area contributed by atoms with Crippen LogP contribution in [0.15, 0.2) is 48.8 Å². The average molecular weight is 297 g/mol. The molecular formula is C15H12FN5O. The Balaban J connectivity index is 1.99. The van der Waals surface area contributed by atoms with E-state index in [1.54, 1.807) is 30.5 Å². The number of pyridine rings is 1. The van der Waals surface area contributed by atoms with E-state index in [-0.39, 0.29) is 23.3 Å². The summed E-state index contributed by atoms with van der Waals surface area (Å²) < 4.78 is 19.1. The SMILES string of the molecule is Nc1nccc(-c2cccnc2Oc2ccc(N)c(F)c2)n1. The van der Waals surface area contributed by atoms with Gasteiger partial charge in [-0.1, -0.05) is 0 Å². The molecule has 0 unspecified atom stereocenters. The van der Waals surface area contributed by atoms with Crippen LogP contribution in [-0.4, -0.2) is 15.0 Å². The quantitative estimate of drug-likeness (QED) is 0.721. The van der Waals surface area contributed by atoms with E-state index in [4.69, 9.17) is 16.2 Å². The molecule has 3 rings (SSSR count). The monoisotopic (exact) mass is 297 g/mol. The summed E-state index contributed by atoms with van der Waals surface area (Å²) in [5, 5.41) is 0. The molecule has 0 aliphatic heterocycles. The predicted molar refractivity (Wildman–Crippen MR) is 80.6 cm³/mol. The molecule has 110 valence electrons. The minimum Gasteiger partial charge on any atom is -0.438 e. The van der Waals surface area contributed by atoms with Crippen LogP contribution < -0.4 is 16.2 Å². The average Bonchev–Trinajstić information content (AvgIpc) is 2.51. The van der Waals surface area contributed by atoms with Gasteiger partial charge in [0.25, 0.3) is 0 Å². The van der Waals surface area contributed by atoms with E-state index in [1.165, 1.54) is 18.3 Å². The summed E-state index contributed by atoms with van der Waals surface area (Å²) in [4.78, 5) is 12.1. The van der Waals surface area contributed by atoms with Gasteiger partial charge in [-0.3, -0.25) is 0 Å². The third kappa shape index (κ3) is 2.78. The summed E-state index contributed by atoms with van der Waals surface area (Å²) in [6, 6.07) is 9.38. The Hall–Kier alpha value is -3.22. The van der Waals surface area contributed by atoms with Crippen LogP contribution >= 0.6 is 0 Å². The van der Waals surface area contributed by atoms with Gasteiger partial charge >= 0.3 is 0 Å². The molecule has 3 aromatic rings. The van der Waals surface area contributed by atoms with Crippen molar-refractivity contribution in [1.29, 1.82) is 0 Å². The van der Waals surface area contributed by atoms with Crippen molar-refractivity contribution in [1.82, 2.24) is 15.0 Å². The number of aromatic nitrogens is 3. The number of halogens is 1. The zero-order valence-electron chi connectivity index (χ0n) is 11.4. The minimum absolute atomic E-state index is 0.0529. The molecule has 0 aliphatic rings. The Morgan fingerprint density at radius 1 is 1.00 bits per heavy atom. The molecule has 0 bridgehead atoms. The number of ether oxygens (including phenoxy) is 1. The second-order valence-electron chi connectivity index (χ2n) is 4.44. The Labute approximate surface area is 125 Å². The smallest absolute Gasteiger partial charge is 0.228 e. The van der Waals surface area contributed by atoms with Crippen molar-refractivity contribution in [3.63, 3.8) is 0 Å².